The summed E-state index contributed by atoms with van der Waals surface area (Å²) in [4.78, 5) is 11.6. The standard InChI is InChI=1S/C12H24N2O.ClH/c1-9(5-6-12(2,3)4)14-11(15)10-7-13-8-10;/h9-10,13H,5-8H2,1-4H3,(H,14,15);1H. The van der Waals surface area contributed by atoms with E-state index < -0.39 is 0 Å². The highest BCUT2D eigenvalue weighted by molar-refractivity contribution is 5.85. The molecular weight excluding hydrogens is 224 g/mol. The summed E-state index contributed by atoms with van der Waals surface area (Å²) in [7, 11) is 0. The molecule has 96 valence electrons. The molecule has 0 radical (unpaired) electrons. The predicted octanol–water partition coefficient (Wildman–Crippen LogP) is 1.96. The van der Waals surface area contributed by atoms with E-state index in [0.29, 0.717) is 11.5 Å². The molecule has 1 saturated heterocycles. The van der Waals surface area contributed by atoms with E-state index in [1.54, 1.807) is 0 Å². The van der Waals surface area contributed by atoms with E-state index >= 15 is 0 Å². The average Bonchev–Trinajstić information content (AvgIpc) is 1.95. The SMILES string of the molecule is CC(CCC(C)(C)C)NC(=O)C1CNC1.Cl. The van der Waals surface area contributed by atoms with Crippen molar-refractivity contribution in [1.29, 1.82) is 0 Å². The second-order valence-corrected chi connectivity index (χ2v) is 5.86. The largest absolute Gasteiger partial charge is 0.353 e. The summed E-state index contributed by atoms with van der Waals surface area (Å²) < 4.78 is 0. The first-order valence-corrected chi connectivity index (χ1v) is 5.89. The van der Waals surface area contributed by atoms with Gasteiger partial charge in [-0.05, 0) is 25.2 Å². The fourth-order valence-corrected chi connectivity index (χ4v) is 1.56. The van der Waals surface area contributed by atoms with Crippen molar-refractivity contribution in [2.75, 3.05) is 13.1 Å². The fraction of sp³-hybridized carbons (Fsp3) is 0.917. The van der Waals surface area contributed by atoms with E-state index in [4.69, 9.17) is 0 Å². The first-order chi connectivity index (χ1) is 6.88. The molecule has 0 aromatic carbocycles. The molecule has 0 aromatic rings. The molecule has 4 heteroatoms. The molecule has 2 N–H and O–H groups in total. The Balaban J connectivity index is 0.00000225. The van der Waals surface area contributed by atoms with Gasteiger partial charge in [-0.25, -0.2) is 0 Å². The van der Waals surface area contributed by atoms with Crippen molar-refractivity contribution < 1.29 is 4.79 Å². The van der Waals surface area contributed by atoms with E-state index in [2.05, 4.69) is 38.3 Å². The summed E-state index contributed by atoms with van der Waals surface area (Å²) in [6.07, 6.45) is 2.22. The first kappa shape index (κ1) is 15.7. The lowest BCUT2D eigenvalue weighted by atomic mass is 9.89. The fourth-order valence-electron chi connectivity index (χ4n) is 1.56. The van der Waals surface area contributed by atoms with Gasteiger partial charge in [-0.2, -0.15) is 0 Å². The zero-order valence-electron chi connectivity index (χ0n) is 10.8. The number of carbonyl (C=O) groups excluding carboxylic acids is 1. The second kappa shape index (κ2) is 6.45. The van der Waals surface area contributed by atoms with Crippen molar-refractivity contribution in [3.05, 3.63) is 0 Å². The molecule has 3 nitrogen and oxygen atoms in total. The number of hydrogen-bond acceptors (Lipinski definition) is 2. The quantitative estimate of drug-likeness (QED) is 0.799. The average molecular weight is 249 g/mol. The molecule has 1 unspecified atom stereocenters. The Morgan fingerprint density at radius 2 is 2.00 bits per heavy atom. The molecule has 0 saturated carbocycles. The van der Waals surface area contributed by atoms with E-state index in [1.165, 1.54) is 0 Å². The lowest BCUT2D eigenvalue weighted by molar-refractivity contribution is -0.127. The Bertz CT molecular complexity index is 222. The minimum absolute atomic E-state index is 0. The summed E-state index contributed by atoms with van der Waals surface area (Å²) in [5, 5.41) is 6.19. The van der Waals surface area contributed by atoms with Gasteiger partial charge in [0.15, 0.2) is 0 Å². The third-order valence-corrected chi connectivity index (χ3v) is 2.87. The lowest BCUT2D eigenvalue weighted by Gasteiger charge is -2.28. The molecule has 1 aliphatic rings. The maximum Gasteiger partial charge on any atom is 0.225 e. The summed E-state index contributed by atoms with van der Waals surface area (Å²) >= 11 is 0. The molecule has 1 amide bonds. The minimum Gasteiger partial charge on any atom is -0.353 e. The molecule has 0 spiro atoms. The van der Waals surface area contributed by atoms with Gasteiger partial charge >= 0.3 is 0 Å². The third kappa shape index (κ3) is 5.71. The molecule has 0 aromatic heterocycles. The van der Waals surface area contributed by atoms with E-state index in [0.717, 1.165) is 25.9 Å². The summed E-state index contributed by atoms with van der Waals surface area (Å²) in [6, 6.07) is 0.303. The van der Waals surface area contributed by atoms with E-state index in [1.807, 2.05) is 0 Å². The van der Waals surface area contributed by atoms with Gasteiger partial charge in [0.1, 0.15) is 0 Å². The first-order valence-electron chi connectivity index (χ1n) is 5.89. The van der Waals surface area contributed by atoms with Crippen LogP contribution in [0.25, 0.3) is 0 Å². The van der Waals surface area contributed by atoms with Crippen LogP contribution in [0.3, 0.4) is 0 Å². The molecule has 1 heterocycles. The van der Waals surface area contributed by atoms with Crippen LogP contribution >= 0.6 is 12.4 Å². The number of hydrogen-bond donors (Lipinski definition) is 2. The van der Waals surface area contributed by atoms with Crippen LogP contribution in [0.5, 0.6) is 0 Å². The molecule has 1 atom stereocenters. The van der Waals surface area contributed by atoms with Crippen molar-refractivity contribution in [2.45, 2.75) is 46.6 Å². The van der Waals surface area contributed by atoms with Crippen LogP contribution in [0, 0.1) is 11.3 Å². The summed E-state index contributed by atoms with van der Waals surface area (Å²) in [5.74, 6) is 0.428. The Hall–Kier alpha value is -0.280. The smallest absolute Gasteiger partial charge is 0.225 e. The van der Waals surface area contributed by atoms with Crippen molar-refractivity contribution in [2.24, 2.45) is 11.3 Å². The molecule has 16 heavy (non-hydrogen) atoms. The van der Waals surface area contributed by atoms with Crippen LogP contribution in [0.15, 0.2) is 0 Å². The topological polar surface area (TPSA) is 41.1 Å². The van der Waals surface area contributed by atoms with Crippen LogP contribution in [0.2, 0.25) is 0 Å². The monoisotopic (exact) mass is 248 g/mol. The normalized spacial score (nSPS) is 18.2. The van der Waals surface area contributed by atoms with Crippen molar-refractivity contribution in [3.63, 3.8) is 0 Å². The zero-order chi connectivity index (χ0) is 11.5. The molecule has 1 rings (SSSR count). The molecule has 1 fully saturated rings. The highest BCUT2D eigenvalue weighted by Crippen LogP contribution is 2.21. The van der Waals surface area contributed by atoms with E-state index in [9.17, 15) is 4.79 Å². The van der Waals surface area contributed by atoms with Crippen molar-refractivity contribution in [1.82, 2.24) is 10.6 Å². The van der Waals surface area contributed by atoms with Crippen LogP contribution in [0.4, 0.5) is 0 Å². The highest BCUT2D eigenvalue weighted by Gasteiger charge is 2.25. The van der Waals surface area contributed by atoms with Gasteiger partial charge in [0, 0.05) is 19.1 Å². The second-order valence-electron chi connectivity index (χ2n) is 5.86. The number of carbonyl (C=O) groups is 1. The highest BCUT2D eigenvalue weighted by atomic mass is 35.5. The van der Waals surface area contributed by atoms with Crippen LogP contribution in [0.1, 0.15) is 40.5 Å². The molecule has 1 aliphatic heterocycles. The molecular formula is C12H25ClN2O. The van der Waals surface area contributed by atoms with Gasteiger partial charge in [-0.1, -0.05) is 20.8 Å². The van der Waals surface area contributed by atoms with Crippen molar-refractivity contribution >= 4 is 18.3 Å². The number of amides is 1. The van der Waals surface area contributed by atoms with Gasteiger partial charge < -0.3 is 10.6 Å². The Morgan fingerprint density at radius 1 is 1.44 bits per heavy atom. The summed E-state index contributed by atoms with van der Waals surface area (Å²) in [5.41, 5.74) is 0.358. The maximum absolute atomic E-state index is 11.6. The van der Waals surface area contributed by atoms with Gasteiger partial charge in [-0.3, -0.25) is 4.79 Å². The van der Waals surface area contributed by atoms with Crippen LogP contribution in [-0.4, -0.2) is 25.0 Å². The molecule has 0 aliphatic carbocycles. The molecule has 0 bridgehead atoms. The third-order valence-electron chi connectivity index (χ3n) is 2.87. The van der Waals surface area contributed by atoms with E-state index in [-0.39, 0.29) is 24.2 Å². The Labute approximate surface area is 105 Å². The number of nitrogens with one attached hydrogen (secondary N) is 2. The Kier molecular flexibility index (Phi) is 6.34. The maximum atomic E-state index is 11.6. The minimum atomic E-state index is 0. The van der Waals surface area contributed by atoms with Crippen molar-refractivity contribution in [3.8, 4) is 0 Å². The predicted molar refractivity (Wildman–Crippen MR) is 69.9 cm³/mol. The van der Waals surface area contributed by atoms with Gasteiger partial charge in [-0.15, -0.1) is 12.4 Å². The summed E-state index contributed by atoms with van der Waals surface area (Å²) in [6.45, 7) is 10.5. The number of rotatable bonds is 4. The lowest BCUT2D eigenvalue weighted by Crippen LogP contribution is -2.52. The van der Waals surface area contributed by atoms with Gasteiger partial charge in [0.25, 0.3) is 0 Å². The van der Waals surface area contributed by atoms with Crippen LogP contribution in [-0.2, 0) is 4.79 Å². The Morgan fingerprint density at radius 3 is 2.38 bits per heavy atom. The van der Waals surface area contributed by atoms with Gasteiger partial charge in [0.05, 0.1) is 5.92 Å². The van der Waals surface area contributed by atoms with Gasteiger partial charge in [0.2, 0.25) is 5.91 Å². The van der Waals surface area contributed by atoms with Crippen LogP contribution < -0.4 is 10.6 Å². The number of halogens is 1. The zero-order valence-corrected chi connectivity index (χ0v) is 11.6.